The Labute approximate surface area is 156 Å². The van der Waals surface area contributed by atoms with Gasteiger partial charge in [0.1, 0.15) is 6.61 Å². The van der Waals surface area contributed by atoms with Crippen molar-refractivity contribution < 1.29 is 19.0 Å². The zero-order valence-electron chi connectivity index (χ0n) is 15.5. The van der Waals surface area contributed by atoms with Crippen molar-refractivity contribution in [1.82, 2.24) is 9.80 Å². The molecule has 2 aliphatic rings. The van der Waals surface area contributed by atoms with E-state index in [-0.39, 0.29) is 12.4 Å². The van der Waals surface area contributed by atoms with E-state index in [1.807, 2.05) is 30.3 Å². The van der Waals surface area contributed by atoms with Gasteiger partial charge in [0.15, 0.2) is 6.29 Å². The number of carbonyl (C=O) groups excluding carboxylic acids is 1. The fourth-order valence-corrected chi connectivity index (χ4v) is 3.31. The molecule has 2 heterocycles. The lowest BCUT2D eigenvalue weighted by Crippen LogP contribution is -2.49. The highest BCUT2D eigenvalue weighted by molar-refractivity contribution is 5.67. The van der Waals surface area contributed by atoms with E-state index in [1.54, 1.807) is 4.90 Å². The van der Waals surface area contributed by atoms with Crippen molar-refractivity contribution in [3.63, 3.8) is 0 Å². The van der Waals surface area contributed by atoms with Crippen molar-refractivity contribution in [1.29, 1.82) is 0 Å². The van der Waals surface area contributed by atoms with Crippen LogP contribution in [0.3, 0.4) is 0 Å². The summed E-state index contributed by atoms with van der Waals surface area (Å²) in [7, 11) is 0. The molecular formula is C20H30N2O4. The Morgan fingerprint density at radius 2 is 1.92 bits per heavy atom. The molecule has 1 atom stereocenters. The van der Waals surface area contributed by atoms with Crippen LogP contribution in [0.4, 0.5) is 4.79 Å². The third-order valence-corrected chi connectivity index (χ3v) is 4.90. The van der Waals surface area contributed by atoms with Crippen LogP contribution in [0.2, 0.25) is 0 Å². The lowest BCUT2D eigenvalue weighted by atomic mass is 10.2. The molecule has 1 aromatic rings. The van der Waals surface area contributed by atoms with E-state index >= 15 is 0 Å². The number of nitrogens with zero attached hydrogens (tertiary/aromatic N) is 2. The molecule has 1 aromatic carbocycles. The number of amides is 1. The van der Waals surface area contributed by atoms with Gasteiger partial charge in [0, 0.05) is 39.3 Å². The maximum atomic E-state index is 12.2. The summed E-state index contributed by atoms with van der Waals surface area (Å²) >= 11 is 0. The molecule has 2 saturated heterocycles. The van der Waals surface area contributed by atoms with Gasteiger partial charge < -0.3 is 19.1 Å². The summed E-state index contributed by atoms with van der Waals surface area (Å²) < 4.78 is 16.7. The fraction of sp³-hybridized carbons (Fsp3) is 0.650. The molecule has 1 amide bonds. The van der Waals surface area contributed by atoms with E-state index in [4.69, 9.17) is 14.2 Å². The highest BCUT2D eigenvalue weighted by Gasteiger charge is 2.22. The molecule has 0 saturated carbocycles. The van der Waals surface area contributed by atoms with Crippen molar-refractivity contribution >= 4 is 6.09 Å². The molecule has 2 aliphatic heterocycles. The Kier molecular flexibility index (Phi) is 7.73. The highest BCUT2D eigenvalue weighted by Crippen LogP contribution is 2.14. The van der Waals surface area contributed by atoms with Crippen LogP contribution < -0.4 is 0 Å². The average Bonchev–Trinajstić information content (AvgIpc) is 2.71. The second-order valence-electron chi connectivity index (χ2n) is 6.89. The van der Waals surface area contributed by atoms with Crippen LogP contribution in [0.1, 0.15) is 31.2 Å². The van der Waals surface area contributed by atoms with Gasteiger partial charge in [0.2, 0.25) is 0 Å². The van der Waals surface area contributed by atoms with E-state index in [9.17, 15) is 4.79 Å². The molecule has 0 bridgehead atoms. The van der Waals surface area contributed by atoms with Crippen LogP contribution in [0, 0.1) is 0 Å². The number of rotatable bonds is 7. The van der Waals surface area contributed by atoms with E-state index in [2.05, 4.69) is 4.90 Å². The summed E-state index contributed by atoms with van der Waals surface area (Å²) in [6.45, 7) is 6.12. The molecule has 6 nitrogen and oxygen atoms in total. The Balaban J connectivity index is 1.25. The maximum Gasteiger partial charge on any atom is 0.410 e. The smallest absolute Gasteiger partial charge is 0.410 e. The summed E-state index contributed by atoms with van der Waals surface area (Å²) in [4.78, 5) is 16.3. The van der Waals surface area contributed by atoms with E-state index in [0.717, 1.165) is 70.8 Å². The fourth-order valence-electron chi connectivity index (χ4n) is 3.31. The van der Waals surface area contributed by atoms with Gasteiger partial charge in [0.05, 0.1) is 6.61 Å². The number of benzene rings is 1. The Bertz CT molecular complexity index is 526. The van der Waals surface area contributed by atoms with Crippen LogP contribution in [-0.2, 0) is 20.8 Å². The van der Waals surface area contributed by atoms with Crippen LogP contribution >= 0.6 is 0 Å². The number of ether oxygens (including phenoxy) is 3. The highest BCUT2D eigenvalue weighted by atomic mass is 16.7. The first-order valence-electron chi connectivity index (χ1n) is 9.72. The first-order chi connectivity index (χ1) is 12.8. The largest absolute Gasteiger partial charge is 0.445 e. The predicted molar refractivity (Wildman–Crippen MR) is 98.8 cm³/mol. The zero-order valence-corrected chi connectivity index (χ0v) is 15.5. The maximum absolute atomic E-state index is 12.2. The molecule has 3 rings (SSSR count). The minimum Gasteiger partial charge on any atom is -0.445 e. The second-order valence-corrected chi connectivity index (χ2v) is 6.89. The van der Waals surface area contributed by atoms with Crippen LogP contribution in [0.5, 0.6) is 0 Å². The van der Waals surface area contributed by atoms with Crippen molar-refractivity contribution in [3.8, 4) is 0 Å². The zero-order chi connectivity index (χ0) is 18.0. The molecule has 0 aliphatic carbocycles. The molecule has 26 heavy (non-hydrogen) atoms. The molecule has 1 unspecified atom stereocenters. The number of hydrogen-bond donors (Lipinski definition) is 0. The molecule has 0 spiro atoms. The molecule has 2 fully saturated rings. The minimum absolute atomic E-state index is 0.0000165. The van der Waals surface area contributed by atoms with Gasteiger partial charge in [-0.2, -0.15) is 0 Å². The third-order valence-electron chi connectivity index (χ3n) is 4.90. The predicted octanol–water partition coefficient (Wildman–Crippen LogP) is 2.87. The van der Waals surface area contributed by atoms with Crippen LogP contribution in [0.15, 0.2) is 30.3 Å². The minimum atomic E-state index is -0.216. The first-order valence-corrected chi connectivity index (χ1v) is 9.72. The van der Waals surface area contributed by atoms with Crippen molar-refractivity contribution in [2.24, 2.45) is 0 Å². The molecule has 0 aromatic heterocycles. The van der Waals surface area contributed by atoms with E-state index < -0.39 is 0 Å². The molecule has 0 radical (unpaired) electrons. The van der Waals surface area contributed by atoms with Crippen LogP contribution in [0.25, 0.3) is 0 Å². The normalized spacial score (nSPS) is 21.5. The first kappa shape index (κ1) is 19.1. The SMILES string of the molecule is O=C(OCc1ccccc1)N1CCN(CCCOC2CCCCO2)CC1. The molecular weight excluding hydrogens is 332 g/mol. The Hall–Kier alpha value is -1.63. The standard InChI is InChI=1S/C20H30N2O4/c23-20(26-17-18-7-2-1-3-8-18)22-13-11-21(12-14-22)10-6-16-25-19-9-4-5-15-24-19/h1-3,7-8,19H,4-6,9-17H2. The molecule has 144 valence electrons. The monoisotopic (exact) mass is 362 g/mol. The number of piperazine rings is 1. The van der Waals surface area contributed by atoms with Gasteiger partial charge in [-0.15, -0.1) is 0 Å². The molecule has 6 heteroatoms. The molecule has 0 N–H and O–H groups in total. The summed E-state index contributed by atoms with van der Waals surface area (Å²) in [5.74, 6) is 0. The van der Waals surface area contributed by atoms with Crippen LogP contribution in [-0.4, -0.2) is 68.1 Å². The van der Waals surface area contributed by atoms with E-state index in [1.165, 1.54) is 6.42 Å². The number of hydrogen-bond acceptors (Lipinski definition) is 5. The van der Waals surface area contributed by atoms with Gasteiger partial charge in [-0.3, -0.25) is 4.90 Å². The summed E-state index contributed by atoms with van der Waals surface area (Å²) in [5, 5.41) is 0. The third kappa shape index (κ3) is 6.27. The summed E-state index contributed by atoms with van der Waals surface area (Å²) in [5.41, 5.74) is 1.02. The Morgan fingerprint density at radius 3 is 2.65 bits per heavy atom. The van der Waals surface area contributed by atoms with Gasteiger partial charge in [-0.05, 0) is 31.2 Å². The average molecular weight is 362 g/mol. The second kappa shape index (κ2) is 10.5. The summed E-state index contributed by atoms with van der Waals surface area (Å²) in [6, 6.07) is 9.78. The van der Waals surface area contributed by atoms with E-state index in [0.29, 0.717) is 6.61 Å². The van der Waals surface area contributed by atoms with Crippen molar-refractivity contribution in [2.45, 2.75) is 38.6 Å². The van der Waals surface area contributed by atoms with Gasteiger partial charge in [-0.1, -0.05) is 30.3 Å². The van der Waals surface area contributed by atoms with Gasteiger partial charge in [0.25, 0.3) is 0 Å². The number of carbonyl (C=O) groups is 1. The lowest BCUT2D eigenvalue weighted by molar-refractivity contribution is -0.163. The Morgan fingerprint density at radius 1 is 1.12 bits per heavy atom. The topological polar surface area (TPSA) is 51.2 Å². The van der Waals surface area contributed by atoms with Gasteiger partial charge >= 0.3 is 6.09 Å². The van der Waals surface area contributed by atoms with Gasteiger partial charge in [-0.25, -0.2) is 4.79 Å². The quantitative estimate of drug-likeness (QED) is 0.698. The summed E-state index contributed by atoms with van der Waals surface area (Å²) in [6.07, 6.45) is 4.15. The van der Waals surface area contributed by atoms with Crippen molar-refractivity contribution in [2.75, 3.05) is 45.9 Å². The van der Waals surface area contributed by atoms with Crippen molar-refractivity contribution in [3.05, 3.63) is 35.9 Å². The lowest BCUT2D eigenvalue weighted by Gasteiger charge is -2.34.